The molecule has 1 N–H and O–H groups in total. The molecular weight excluding hydrogens is 476 g/mol. The van der Waals surface area contributed by atoms with Crippen LogP contribution in [-0.2, 0) is 27.8 Å². The van der Waals surface area contributed by atoms with Crippen LogP contribution in [0, 0.1) is 0 Å². The van der Waals surface area contributed by atoms with Crippen LogP contribution < -0.4 is 9.21 Å². The third-order valence-corrected chi connectivity index (χ3v) is 7.56. The van der Waals surface area contributed by atoms with E-state index in [4.69, 9.17) is 0 Å². The van der Waals surface area contributed by atoms with E-state index in [0.717, 1.165) is 21.2 Å². The number of carbonyl (C=O) groups is 1. The van der Waals surface area contributed by atoms with Crippen LogP contribution in [0.25, 0.3) is 0 Å². The summed E-state index contributed by atoms with van der Waals surface area (Å²) < 4.78 is 28.8. The van der Waals surface area contributed by atoms with Crippen LogP contribution in [0.2, 0.25) is 0 Å². The molecule has 8 nitrogen and oxygen atoms in total. The number of sulfonamides is 1. The van der Waals surface area contributed by atoms with E-state index in [0.29, 0.717) is 18.7 Å². The van der Waals surface area contributed by atoms with E-state index in [-0.39, 0.29) is 23.9 Å². The number of amides is 1. The molecule has 0 bridgehead atoms. The van der Waals surface area contributed by atoms with Gasteiger partial charge in [0.2, 0.25) is 5.91 Å². The molecule has 3 aromatic rings. The van der Waals surface area contributed by atoms with E-state index < -0.39 is 16.1 Å². The van der Waals surface area contributed by atoms with Gasteiger partial charge in [-0.05, 0) is 68.3 Å². The minimum Gasteiger partial charge on any atom is -0.393 e. The number of aliphatic hydroxyl groups is 1. The number of aliphatic hydroxyl groups excluding tert-OH is 1. The number of rotatable bonds is 11. The standard InChI is InChI=1S/C27H34N4O4S/c1-5-30(19-23-9-6-7-16-28-23)27(33)20-31(25-11-8-10-24(18-25)29(3)4)36(34,35)26-14-12-22(13-15-26)17-21(2)32/h6-16,18,21,32H,5,17,19-20H2,1-4H3. The Bertz CT molecular complexity index is 1250. The molecule has 0 aliphatic heterocycles. The Balaban J connectivity index is 1.97. The van der Waals surface area contributed by atoms with Crippen molar-refractivity contribution < 1.29 is 18.3 Å². The maximum Gasteiger partial charge on any atom is 0.264 e. The number of hydrogen-bond acceptors (Lipinski definition) is 6. The van der Waals surface area contributed by atoms with Crippen molar-refractivity contribution >= 4 is 27.3 Å². The quantitative estimate of drug-likeness (QED) is 0.425. The molecule has 0 spiro atoms. The fraction of sp³-hybridized carbons (Fsp3) is 0.333. The van der Waals surface area contributed by atoms with Crippen LogP contribution in [0.5, 0.6) is 0 Å². The fourth-order valence-electron chi connectivity index (χ4n) is 3.79. The molecule has 1 heterocycles. The van der Waals surface area contributed by atoms with Gasteiger partial charge in [-0.3, -0.25) is 14.1 Å². The average molecular weight is 511 g/mol. The molecule has 36 heavy (non-hydrogen) atoms. The molecule has 0 radical (unpaired) electrons. The van der Waals surface area contributed by atoms with E-state index in [1.54, 1.807) is 54.4 Å². The van der Waals surface area contributed by atoms with Gasteiger partial charge in [0, 0.05) is 32.5 Å². The van der Waals surface area contributed by atoms with Gasteiger partial charge in [-0.15, -0.1) is 0 Å². The van der Waals surface area contributed by atoms with Gasteiger partial charge < -0.3 is 14.9 Å². The van der Waals surface area contributed by atoms with Crippen LogP contribution in [-0.4, -0.2) is 62.6 Å². The largest absolute Gasteiger partial charge is 0.393 e. The molecule has 3 rings (SSSR count). The van der Waals surface area contributed by atoms with E-state index in [1.165, 1.54) is 12.1 Å². The first-order valence-corrected chi connectivity index (χ1v) is 13.3. The predicted octanol–water partition coefficient (Wildman–Crippen LogP) is 3.31. The van der Waals surface area contributed by atoms with Crippen molar-refractivity contribution in [2.45, 2.75) is 37.8 Å². The first-order valence-electron chi connectivity index (χ1n) is 11.9. The zero-order chi connectivity index (χ0) is 26.3. The number of aromatic nitrogens is 1. The monoisotopic (exact) mass is 510 g/mol. The number of pyridine rings is 1. The molecule has 192 valence electrons. The third kappa shape index (κ3) is 6.83. The number of hydrogen-bond donors (Lipinski definition) is 1. The van der Waals surface area contributed by atoms with Gasteiger partial charge in [0.1, 0.15) is 6.54 Å². The lowest BCUT2D eigenvalue weighted by Gasteiger charge is -2.28. The van der Waals surface area contributed by atoms with Crippen LogP contribution in [0.1, 0.15) is 25.1 Å². The minimum atomic E-state index is -4.06. The van der Waals surface area contributed by atoms with Crippen molar-refractivity contribution in [1.82, 2.24) is 9.88 Å². The lowest BCUT2D eigenvalue weighted by Crippen LogP contribution is -2.43. The number of carbonyl (C=O) groups excluding carboxylic acids is 1. The van der Waals surface area contributed by atoms with Gasteiger partial charge in [0.05, 0.1) is 28.9 Å². The summed E-state index contributed by atoms with van der Waals surface area (Å²) in [6, 6.07) is 19.0. The van der Waals surface area contributed by atoms with Crippen molar-refractivity contribution in [1.29, 1.82) is 0 Å². The van der Waals surface area contributed by atoms with Crippen molar-refractivity contribution in [3.05, 3.63) is 84.2 Å². The molecule has 0 saturated heterocycles. The summed E-state index contributed by atoms with van der Waals surface area (Å²) in [5.74, 6) is -0.326. The molecule has 0 fully saturated rings. The van der Waals surface area contributed by atoms with Gasteiger partial charge in [0.15, 0.2) is 0 Å². The summed E-state index contributed by atoms with van der Waals surface area (Å²) in [6.45, 7) is 3.88. The Morgan fingerprint density at radius 3 is 2.28 bits per heavy atom. The maximum absolute atomic E-state index is 13.8. The summed E-state index contributed by atoms with van der Waals surface area (Å²) in [7, 11) is -0.321. The normalized spacial score (nSPS) is 12.1. The zero-order valence-electron chi connectivity index (χ0n) is 21.2. The van der Waals surface area contributed by atoms with Crippen molar-refractivity contribution in [2.75, 3.05) is 36.4 Å². The minimum absolute atomic E-state index is 0.0765. The molecule has 0 aliphatic rings. The Morgan fingerprint density at radius 2 is 1.69 bits per heavy atom. The summed E-state index contributed by atoms with van der Waals surface area (Å²) in [6.07, 6.45) is 1.56. The number of nitrogens with zero attached hydrogens (tertiary/aromatic N) is 4. The highest BCUT2D eigenvalue weighted by Crippen LogP contribution is 2.27. The van der Waals surface area contributed by atoms with Gasteiger partial charge in [0.25, 0.3) is 10.0 Å². The summed E-state index contributed by atoms with van der Waals surface area (Å²) in [4.78, 5) is 21.2. The van der Waals surface area contributed by atoms with E-state index in [2.05, 4.69) is 4.98 Å². The highest BCUT2D eigenvalue weighted by molar-refractivity contribution is 7.92. The Kier molecular flexibility index (Phi) is 9.06. The molecule has 1 amide bonds. The summed E-state index contributed by atoms with van der Waals surface area (Å²) in [5, 5.41) is 9.65. The predicted molar refractivity (Wildman–Crippen MR) is 142 cm³/mol. The Morgan fingerprint density at radius 1 is 1.00 bits per heavy atom. The smallest absolute Gasteiger partial charge is 0.264 e. The molecule has 9 heteroatoms. The third-order valence-electron chi connectivity index (χ3n) is 5.77. The topological polar surface area (TPSA) is 94.1 Å². The van der Waals surface area contributed by atoms with Crippen molar-refractivity contribution in [3.8, 4) is 0 Å². The summed E-state index contributed by atoms with van der Waals surface area (Å²) in [5.41, 5.74) is 2.77. The van der Waals surface area contributed by atoms with E-state index in [1.807, 2.05) is 44.1 Å². The molecule has 2 aromatic carbocycles. The number of likely N-dealkylation sites (N-methyl/N-ethyl adjacent to an activating group) is 1. The number of benzene rings is 2. The second-order valence-corrected chi connectivity index (χ2v) is 10.7. The fourth-order valence-corrected chi connectivity index (χ4v) is 5.20. The van der Waals surface area contributed by atoms with E-state index in [9.17, 15) is 18.3 Å². The maximum atomic E-state index is 13.8. The highest BCUT2D eigenvalue weighted by atomic mass is 32.2. The Labute approximate surface area is 213 Å². The molecular formula is C27H34N4O4S. The lowest BCUT2D eigenvalue weighted by molar-refractivity contribution is -0.130. The molecule has 1 aromatic heterocycles. The van der Waals surface area contributed by atoms with Crippen molar-refractivity contribution in [3.63, 3.8) is 0 Å². The average Bonchev–Trinajstić information content (AvgIpc) is 2.86. The van der Waals surface area contributed by atoms with Crippen LogP contribution in [0.15, 0.2) is 77.8 Å². The first kappa shape index (κ1) is 27.2. The van der Waals surface area contributed by atoms with Crippen LogP contribution >= 0.6 is 0 Å². The lowest BCUT2D eigenvalue weighted by atomic mass is 10.1. The van der Waals surface area contributed by atoms with Crippen molar-refractivity contribution in [2.24, 2.45) is 0 Å². The SMILES string of the molecule is CCN(Cc1ccccn1)C(=O)CN(c1cccc(N(C)C)c1)S(=O)(=O)c1ccc(CC(C)O)cc1. The zero-order valence-corrected chi connectivity index (χ0v) is 22.0. The molecule has 0 saturated carbocycles. The van der Waals surface area contributed by atoms with Crippen LogP contribution in [0.4, 0.5) is 11.4 Å². The molecule has 0 aliphatic carbocycles. The van der Waals surface area contributed by atoms with Gasteiger partial charge in [-0.2, -0.15) is 0 Å². The Hall–Kier alpha value is -3.43. The second-order valence-electron chi connectivity index (χ2n) is 8.85. The second kappa shape index (κ2) is 12.0. The van der Waals surface area contributed by atoms with Gasteiger partial charge in [-0.1, -0.05) is 24.3 Å². The van der Waals surface area contributed by atoms with Gasteiger partial charge >= 0.3 is 0 Å². The first-order chi connectivity index (χ1) is 17.1. The molecule has 1 unspecified atom stereocenters. The molecule has 1 atom stereocenters. The van der Waals surface area contributed by atoms with Gasteiger partial charge in [-0.25, -0.2) is 8.42 Å². The van der Waals surface area contributed by atoms with E-state index >= 15 is 0 Å². The van der Waals surface area contributed by atoms with Crippen LogP contribution in [0.3, 0.4) is 0 Å². The summed E-state index contributed by atoms with van der Waals surface area (Å²) >= 11 is 0. The number of anilines is 2. The highest BCUT2D eigenvalue weighted by Gasteiger charge is 2.29.